The molecule has 19 heavy (non-hydrogen) atoms. The first-order valence-corrected chi connectivity index (χ1v) is 7.96. The number of methoxy groups -OCH3 is 1. The van der Waals surface area contributed by atoms with Gasteiger partial charge in [-0.2, -0.15) is 0 Å². The molecule has 110 valence electrons. The van der Waals surface area contributed by atoms with Crippen LogP contribution in [0, 0.1) is 0 Å². The van der Waals surface area contributed by atoms with Crippen molar-refractivity contribution in [3.63, 3.8) is 0 Å². The molecule has 3 nitrogen and oxygen atoms in total. The molecule has 0 spiro atoms. The van der Waals surface area contributed by atoms with Crippen molar-refractivity contribution >= 4 is 22.9 Å². The smallest absolute Gasteiger partial charge is 0.0931 e. The van der Waals surface area contributed by atoms with E-state index in [2.05, 4.69) is 31.7 Å². The number of rotatable bonds is 8. The highest BCUT2D eigenvalue weighted by Gasteiger charge is 2.28. The Morgan fingerprint density at radius 1 is 1.42 bits per heavy atom. The van der Waals surface area contributed by atoms with E-state index >= 15 is 0 Å². The monoisotopic (exact) mass is 304 g/mol. The average Bonchev–Trinajstić information content (AvgIpc) is 2.79. The van der Waals surface area contributed by atoms with Gasteiger partial charge in [-0.1, -0.05) is 18.5 Å². The molecule has 0 aliphatic rings. The molecule has 0 saturated carbocycles. The first-order valence-electron chi connectivity index (χ1n) is 6.76. The summed E-state index contributed by atoms with van der Waals surface area (Å²) in [6, 6.07) is 4.77. The molecule has 2 unspecified atom stereocenters. The van der Waals surface area contributed by atoms with E-state index in [0.29, 0.717) is 12.6 Å². The van der Waals surface area contributed by atoms with Crippen LogP contribution in [-0.2, 0) is 4.74 Å². The van der Waals surface area contributed by atoms with Crippen LogP contribution in [0.1, 0.15) is 38.1 Å². The molecule has 1 heterocycles. The van der Waals surface area contributed by atoms with E-state index in [-0.39, 0.29) is 12.1 Å². The summed E-state index contributed by atoms with van der Waals surface area (Å²) < 4.78 is 6.04. The summed E-state index contributed by atoms with van der Waals surface area (Å²) >= 11 is 7.70. The van der Waals surface area contributed by atoms with Gasteiger partial charge in [-0.05, 0) is 32.4 Å². The molecule has 0 fully saturated rings. The lowest BCUT2D eigenvalue weighted by Crippen LogP contribution is -2.45. The van der Waals surface area contributed by atoms with Gasteiger partial charge in [0.2, 0.25) is 0 Å². The predicted molar refractivity (Wildman–Crippen MR) is 84.1 cm³/mol. The molecule has 0 aliphatic heterocycles. The maximum atomic E-state index is 6.35. The minimum absolute atomic E-state index is 0.106. The lowest BCUT2D eigenvalue weighted by atomic mass is 10.0. The highest BCUT2D eigenvalue weighted by atomic mass is 35.5. The van der Waals surface area contributed by atoms with Gasteiger partial charge in [-0.15, -0.1) is 11.3 Å². The number of thiophene rings is 1. The Balaban J connectivity index is 2.99. The SMILES string of the molecule is CCC(N)C(c1ccc(Cl)s1)N(CCOC)C(C)C. The summed E-state index contributed by atoms with van der Waals surface area (Å²) in [5, 5.41) is 0. The van der Waals surface area contributed by atoms with Crippen molar-refractivity contribution in [2.45, 2.75) is 45.3 Å². The van der Waals surface area contributed by atoms with Crippen molar-refractivity contribution in [3.8, 4) is 0 Å². The third-order valence-corrected chi connectivity index (χ3v) is 4.64. The van der Waals surface area contributed by atoms with E-state index in [1.54, 1.807) is 18.4 Å². The minimum Gasteiger partial charge on any atom is -0.383 e. The molecule has 0 amide bonds. The Morgan fingerprint density at radius 3 is 2.53 bits per heavy atom. The van der Waals surface area contributed by atoms with Crippen LogP contribution < -0.4 is 5.73 Å². The van der Waals surface area contributed by atoms with Crippen molar-refractivity contribution in [1.29, 1.82) is 0 Å². The Kier molecular flexibility index (Phi) is 7.32. The zero-order valence-electron chi connectivity index (χ0n) is 12.2. The zero-order chi connectivity index (χ0) is 14.4. The average molecular weight is 305 g/mol. The summed E-state index contributed by atoms with van der Waals surface area (Å²) in [7, 11) is 1.73. The quantitative estimate of drug-likeness (QED) is 0.798. The summed E-state index contributed by atoms with van der Waals surface area (Å²) in [5.41, 5.74) is 6.35. The van der Waals surface area contributed by atoms with Gasteiger partial charge in [0.05, 0.1) is 17.0 Å². The van der Waals surface area contributed by atoms with Gasteiger partial charge in [-0.3, -0.25) is 4.90 Å². The van der Waals surface area contributed by atoms with E-state index in [1.807, 2.05) is 6.07 Å². The molecule has 0 bridgehead atoms. The number of ether oxygens (including phenoxy) is 1. The van der Waals surface area contributed by atoms with Crippen LogP contribution in [0.5, 0.6) is 0 Å². The van der Waals surface area contributed by atoms with Crippen LogP contribution >= 0.6 is 22.9 Å². The minimum atomic E-state index is 0.106. The molecule has 1 rings (SSSR count). The predicted octanol–water partition coefficient (Wildman–Crippen LogP) is 3.54. The van der Waals surface area contributed by atoms with Gasteiger partial charge in [0, 0.05) is 30.6 Å². The van der Waals surface area contributed by atoms with E-state index < -0.39 is 0 Å². The number of nitrogens with two attached hydrogens (primary N) is 1. The molecular weight excluding hydrogens is 280 g/mol. The van der Waals surface area contributed by atoms with E-state index in [1.165, 1.54) is 4.88 Å². The second-order valence-corrected chi connectivity index (χ2v) is 6.73. The van der Waals surface area contributed by atoms with Crippen LogP contribution in [0.3, 0.4) is 0 Å². The summed E-state index contributed by atoms with van der Waals surface area (Å²) in [6.07, 6.45) is 0.941. The maximum Gasteiger partial charge on any atom is 0.0931 e. The van der Waals surface area contributed by atoms with E-state index in [9.17, 15) is 0 Å². The molecule has 1 aromatic rings. The first kappa shape index (κ1) is 16.9. The Morgan fingerprint density at radius 2 is 2.11 bits per heavy atom. The summed E-state index contributed by atoms with van der Waals surface area (Å²) in [5.74, 6) is 0. The van der Waals surface area contributed by atoms with Crippen LogP contribution in [0.4, 0.5) is 0 Å². The number of hydrogen-bond donors (Lipinski definition) is 1. The van der Waals surface area contributed by atoms with Crippen molar-refractivity contribution in [2.24, 2.45) is 5.73 Å². The van der Waals surface area contributed by atoms with Gasteiger partial charge >= 0.3 is 0 Å². The molecule has 0 aromatic carbocycles. The highest BCUT2D eigenvalue weighted by molar-refractivity contribution is 7.16. The van der Waals surface area contributed by atoms with Crippen LogP contribution in [0.15, 0.2) is 12.1 Å². The Hall–Kier alpha value is -0.130. The number of nitrogens with zero attached hydrogens (tertiary/aromatic N) is 1. The molecule has 0 radical (unpaired) electrons. The lowest BCUT2D eigenvalue weighted by Gasteiger charge is -2.37. The largest absolute Gasteiger partial charge is 0.383 e. The standard InChI is InChI=1S/C14H25ClN2OS/c1-5-11(16)14(12-6-7-13(15)19-12)17(10(2)3)8-9-18-4/h6-7,10-11,14H,5,8-9,16H2,1-4H3. The topological polar surface area (TPSA) is 38.5 Å². The summed E-state index contributed by atoms with van der Waals surface area (Å²) in [4.78, 5) is 3.64. The van der Waals surface area contributed by atoms with Crippen molar-refractivity contribution in [3.05, 3.63) is 21.3 Å². The fraction of sp³-hybridized carbons (Fsp3) is 0.714. The molecule has 1 aromatic heterocycles. The van der Waals surface area contributed by atoms with Gasteiger partial charge in [0.1, 0.15) is 0 Å². The van der Waals surface area contributed by atoms with E-state index in [4.69, 9.17) is 22.1 Å². The van der Waals surface area contributed by atoms with Crippen molar-refractivity contribution in [1.82, 2.24) is 4.90 Å². The van der Waals surface area contributed by atoms with Gasteiger partial charge < -0.3 is 10.5 Å². The number of hydrogen-bond acceptors (Lipinski definition) is 4. The third kappa shape index (κ3) is 4.72. The van der Waals surface area contributed by atoms with Gasteiger partial charge in [-0.25, -0.2) is 0 Å². The molecule has 5 heteroatoms. The molecular formula is C14H25ClN2OS. The molecule has 0 saturated heterocycles. The van der Waals surface area contributed by atoms with Gasteiger partial charge in [0.15, 0.2) is 0 Å². The second kappa shape index (κ2) is 8.22. The first-order chi connectivity index (χ1) is 9.01. The highest BCUT2D eigenvalue weighted by Crippen LogP contribution is 2.34. The van der Waals surface area contributed by atoms with Crippen LogP contribution in [0.2, 0.25) is 4.34 Å². The second-order valence-electron chi connectivity index (χ2n) is 4.98. The molecule has 2 N–H and O–H groups in total. The number of halogens is 1. The fourth-order valence-corrected chi connectivity index (χ4v) is 3.50. The van der Waals surface area contributed by atoms with E-state index in [0.717, 1.165) is 17.3 Å². The zero-order valence-corrected chi connectivity index (χ0v) is 13.8. The third-order valence-electron chi connectivity index (χ3n) is 3.34. The normalized spacial score (nSPS) is 15.2. The van der Waals surface area contributed by atoms with Crippen molar-refractivity contribution in [2.75, 3.05) is 20.3 Å². The fourth-order valence-electron chi connectivity index (χ4n) is 2.25. The molecule has 2 atom stereocenters. The lowest BCUT2D eigenvalue weighted by molar-refractivity contribution is 0.0846. The van der Waals surface area contributed by atoms with Crippen LogP contribution in [-0.4, -0.2) is 37.2 Å². The van der Waals surface area contributed by atoms with Crippen molar-refractivity contribution < 1.29 is 4.74 Å². The van der Waals surface area contributed by atoms with Gasteiger partial charge in [0.25, 0.3) is 0 Å². The Bertz CT molecular complexity index is 370. The molecule has 0 aliphatic carbocycles. The maximum absolute atomic E-state index is 6.35. The van der Waals surface area contributed by atoms with Crippen LogP contribution in [0.25, 0.3) is 0 Å². The Labute approximate surface area is 125 Å². The summed E-state index contributed by atoms with van der Waals surface area (Å²) in [6.45, 7) is 8.11.